The number of aliphatic imine (C=N–C) groups is 1. The highest BCUT2D eigenvalue weighted by Gasteiger charge is 2.15. The molecule has 0 spiro atoms. The van der Waals surface area contributed by atoms with E-state index in [2.05, 4.69) is 4.99 Å². The molecule has 0 radical (unpaired) electrons. The molecule has 0 saturated carbocycles. The lowest BCUT2D eigenvalue weighted by Crippen LogP contribution is -2.19. The van der Waals surface area contributed by atoms with E-state index in [-0.39, 0.29) is 6.61 Å². The maximum Gasteiger partial charge on any atom is 0.183 e. The molecule has 0 amide bonds. The minimum absolute atomic E-state index is 0.252. The van der Waals surface area contributed by atoms with E-state index in [1.54, 1.807) is 7.11 Å². The first-order chi connectivity index (χ1) is 4.86. The monoisotopic (exact) mass is 143 g/mol. The number of ether oxygens (including phenoxy) is 1. The summed E-state index contributed by atoms with van der Waals surface area (Å²) in [4.78, 5) is 4.13. The minimum Gasteiger partial charge on any atom is -0.484 e. The summed E-state index contributed by atoms with van der Waals surface area (Å²) in [6.07, 6.45) is 1.79. The third kappa shape index (κ3) is 1.70. The van der Waals surface area contributed by atoms with E-state index in [0.29, 0.717) is 5.92 Å². The van der Waals surface area contributed by atoms with E-state index in [1.165, 1.54) is 0 Å². The van der Waals surface area contributed by atoms with Crippen molar-refractivity contribution in [3.63, 3.8) is 0 Å². The Morgan fingerprint density at radius 3 is 3.20 bits per heavy atom. The molecular weight excluding hydrogens is 130 g/mol. The number of aliphatic hydroxyl groups is 1. The van der Waals surface area contributed by atoms with Gasteiger partial charge in [-0.15, -0.1) is 0 Å². The average molecular weight is 143 g/mol. The Balaban J connectivity index is 2.40. The van der Waals surface area contributed by atoms with Crippen LogP contribution in [0.2, 0.25) is 0 Å². The van der Waals surface area contributed by atoms with Crippen molar-refractivity contribution >= 4 is 5.90 Å². The van der Waals surface area contributed by atoms with Gasteiger partial charge in [-0.25, -0.2) is 0 Å². The van der Waals surface area contributed by atoms with Crippen LogP contribution in [0.25, 0.3) is 0 Å². The maximum absolute atomic E-state index is 8.79. The van der Waals surface area contributed by atoms with Gasteiger partial charge in [-0.05, 0) is 12.3 Å². The Kier molecular flexibility index (Phi) is 2.68. The molecular formula is C7H13NO2. The van der Waals surface area contributed by atoms with Crippen LogP contribution >= 0.6 is 0 Å². The van der Waals surface area contributed by atoms with Crippen molar-refractivity contribution < 1.29 is 9.84 Å². The quantitative estimate of drug-likeness (QED) is 0.578. The Labute approximate surface area is 60.7 Å². The summed E-state index contributed by atoms with van der Waals surface area (Å²) in [5.74, 6) is 1.15. The number of nitrogens with zero attached hydrogens (tertiary/aromatic N) is 1. The van der Waals surface area contributed by atoms with Crippen molar-refractivity contribution in [3.05, 3.63) is 0 Å². The molecule has 10 heavy (non-hydrogen) atoms. The van der Waals surface area contributed by atoms with Gasteiger partial charge in [0.25, 0.3) is 0 Å². The number of hydrogen-bond donors (Lipinski definition) is 1. The molecule has 0 saturated heterocycles. The largest absolute Gasteiger partial charge is 0.484 e. The van der Waals surface area contributed by atoms with Gasteiger partial charge in [0.05, 0.1) is 7.11 Å². The molecule has 0 bridgehead atoms. The van der Waals surface area contributed by atoms with Gasteiger partial charge >= 0.3 is 0 Å². The van der Waals surface area contributed by atoms with Gasteiger partial charge in [-0.1, -0.05) is 0 Å². The van der Waals surface area contributed by atoms with Crippen LogP contribution in [0.5, 0.6) is 0 Å². The highest BCUT2D eigenvalue weighted by atomic mass is 16.5. The topological polar surface area (TPSA) is 41.8 Å². The molecule has 3 heteroatoms. The summed E-state index contributed by atoms with van der Waals surface area (Å²) in [5, 5.41) is 8.79. The van der Waals surface area contributed by atoms with Crippen LogP contribution in [0.15, 0.2) is 4.99 Å². The Morgan fingerprint density at radius 2 is 2.60 bits per heavy atom. The predicted octanol–water partition coefficient (Wildman–Crippen LogP) is 0.434. The molecule has 0 fully saturated rings. The molecule has 1 atom stereocenters. The van der Waals surface area contributed by atoms with E-state index in [1.807, 2.05) is 0 Å². The molecule has 1 N–H and O–H groups in total. The van der Waals surface area contributed by atoms with Gasteiger partial charge in [-0.2, -0.15) is 0 Å². The molecule has 0 aliphatic carbocycles. The van der Waals surface area contributed by atoms with E-state index in [0.717, 1.165) is 25.3 Å². The van der Waals surface area contributed by atoms with Gasteiger partial charge in [0.1, 0.15) is 0 Å². The maximum atomic E-state index is 8.79. The smallest absolute Gasteiger partial charge is 0.183 e. The number of methoxy groups -OCH3 is 1. The summed E-state index contributed by atoms with van der Waals surface area (Å²) in [5.41, 5.74) is 0. The van der Waals surface area contributed by atoms with Gasteiger partial charge in [0, 0.05) is 19.6 Å². The zero-order chi connectivity index (χ0) is 7.40. The summed E-state index contributed by atoms with van der Waals surface area (Å²) >= 11 is 0. The van der Waals surface area contributed by atoms with Crippen molar-refractivity contribution in [1.29, 1.82) is 0 Å². The summed E-state index contributed by atoms with van der Waals surface area (Å²) in [6, 6.07) is 0. The fraction of sp³-hybridized carbons (Fsp3) is 0.857. The van der Waals surface area contributed by atoms with Crippen LogP contribution in [-0.4, -0.2) is 31.3 Å². The molecule has 0 aromatic heterocycles. The third-order valence-electron chi connectivity index (χ3n) is 1.78. The zero-order valence-corrected chi connectivity index (χ0v) is 6.21. The summed E-state index contributed by atoms with van der Waals surface area (Å²) in [6.45, 7) is 1.05. The molecule has 1 rings (SSSR count). The molecule has 3 nitrogen and oxygen atoms in total. The fourth-order valence-electron chi connectivity index (χ4n) is 1.09. The van der Waals surface area contributed by atoms with E-state index < -0.39 is 0 Å². The molecule has 58 valence electrons. The standard InChI is InChI=1S/C7H13NO2/c1-10-7-4-6(5-9)2-3-8-7/h6,9H,2-5H2,1H3. The lowest BCUT2D eigenvalue weighted by Gasteiger charge is -2.18. The highest BCUT2D eigenvalue weighted by Crippen LogP contribution is 2.14. The van der Waals surface area contributed by atoms with E-state index in [4.69, 9.17) is 9.84 Å². The number of rotatable bonds is 1. The predicted molar refractivity (Wildman–Crippen MR) is 39.1 cm³/mol. The van der Waals surface area contributed by atoms with Crippen LogP contribution in [0.1, 0.15) is 12.8 Å². The summed E-state index contributed by atoms with van der Waals surface area (Å²) in [7, 11) is 1.62. The normalized spacial score (nSPS) is 25.8. The van der Waals surface area contributed by atoms with Crippen molar-refractivity contribution in [2.75, 3.05) is 20.3 Å². The molecule has 1 aliphatic heterocycles. The van der Waals surface area contributed by atoms with Crippen molar-refractivity contribution in [2.24, 2.45) is 10.9 Å². The Morgan fingerprint density at radius 1 is 1.80 bits per heavy atom. The highest BCUT2D eigenvalue weighted by molar-refractivity contribution is 5.76. The average Bonchev–Trinajstić information content (AvgIpc) is 2.05. The van der Waals surface area contributed by atoms with Crippen LogP contribution in [0.4, 0.5) is 0 Å². The van der Waals surface area contributed by atoms with E-state index >= 15 is 0 Å². The second-order valence-electron chi connectivity index (χ2n) is 2.52. The Bertz CT molecular complexity index is 134. The van der Waals surface area contributed by atoms with Crippen LogP contribution in [0, 0.1) is 5.92 Å². The SMILES string of the molecule is COC1=NCCC(CO)C1. The third-order valence-corrected chi connectivity index (χ3v) is 1.78. The molecule has 1 aliphatic rings. The molecule has 1 heterocycles. The van der Waals surface area contributed by atoms with Crippen LogP contribution < -0.4 is 0 Å². The number of aliphatic hydroxyl groups excluding tert-OH is 1. The second-order valence-corrected chi connectivity index (χ2v) is 2.52. The molecule has 1 unspecified atom stereocenters. The van der Waals surface area contributed by atoms with Gasteiger partial charge in [0.2, 0.25) is 0 Å². The van der Waals surface area contributed by atoms with Crippen LogP contribution in [0.3, 0.4) is 0 Å². The van der Waals surface area contributed by atoms with Crippen LogP contribution in [-0.2, 0) is 4.74 Å². The Hall–Kier alpha value is -0.570. The fourth-order valence-corrected chi connectivity index (χ4v) is 1.09. The molecule has 0 aromatic rings. The lowest BCUT2D eigenvalue weighted by molar-refractivity contribution is 0.211. The van der Waals surface area contributed by atoms with Crippen molar-refractivity contribution in [1.82, 2.24) is 0 Å². The van der Waals surface area contributed by atoms with Gasteiger partial charge in [0.15, 0.2) is 5.90 Å². The first-order valence-corrected chi connectivity index (χ1v) is 3.55. The number of hydrogen-bond acceptors (Lipinski definition) is 3. The minimum atomic E-state index is 0.252. The zero-order valence-electron chi connectivity index (χ0n) is 6.21. The summed E-state index contributed by atoms with van der Waals surface area (Å²) < 4.78 is 4.96. The van der Waals surface area contributed by atoms with Gasteiger partial charge < -0.3 is 9.84 Å². The van der Waals surface area contributed by atoms with Crippen molar-refractivity contribution in [2.45, 2.75) is 12.8 Å². The molecule has 0 aromatic carbocycles. The van der Waals surface area contributed by atoms with E-state index in [9.17, 15) is 0 Å². The van der Waals surface area contributed by atoms with Crippen molar-refractivity contribution in [3.8, 4) is 0 Å². The van der Waals surface area contributed by atoms with Gasteiger partial charge in [-0.3, -0.25) is 4.99 Å². The lowest BCUT2D eigenvalue weighted by atomic mass is 10.0. The first-order valence-electron chi connectivity index (χ1n) is 3.55. The second kappa shape index (κ2) is 3.56. The first kappa shape index (κ1) is 7.54.